The number of hydrogen-bond donors (Lipinski definition) is 1. The van der Waals surface area contributed by atoms with Gasteiger partial charge in [0.15, 0.2) is 0 Å². The Morgan fingerprint density at radius 1 is 1.06 bits per heavy atom. The Morgan fingerprint density at radius 3 is 2.39 bits per heavy atom. The molecule has 0 fully saturated rings. The lowest BCUT2D eigenvalue weighted by Gasteiger charge is -2.16. The van der Waals surface area contributed by atoms with E-state index in [1.54, 1.807) is 7.05 Å². The van der Waals surface area contributed by atoms with Crippen LogP contribution < -0.4 is 5.32 Å². The van der Waals surface area contributed by atoms with Crippen molar-refractivity contribution >= 4 is 0 Å². The van der Waals surface area contributed by atoms with Gasteiger partial charge < -0.3 is 5.32 Å². The summed E-state index contributed by atoms with van der Waals surface area (Å²) in [6, 6.07) is 5.23. The van der Waals surface area contributed by atoms with Crippen molar-refractivity contribution in [2.75, 3.05) is 7.05 Å². The molecule has 2 aromatic rings. The molecule has 0 radical (unpaired) electrons. The number of hydrogen-bond acceptors (Lipinski definition) is 2. The van der Waals surface area contributed by atoms with Gasteiger partial charge in [0.2, 0.25) is 0 Å². The van der Waals surface area contributed by atoms with Gasteiger partial charge in [0, 0.05) is 5.56 Å². The number of benzene rings is 1. The molecule has 0 bridgehead atoms. The fourth-order valence-corrected chi connectivity index (χ4v) is 1.76. The molecule has 1 unspecified atom stereocenters. The first-order chi connectivity index (χ1) is 8.61. The van der Waals surface area contributed by atoms with Gasteiger partial charge in [-0.05, 0) is 37.4 Å². The zero-order valence-electron chi connectivity index (χ0n) is 9.62. The molecule has 18 heavy (non-hydrogen) atoms. The molecular weight excluding hydrogens is 241 g/mol. The minimum absolute atomic E-state index is 0.136. The van der Waals surface area contributed by atoms with Gasteiger partial charge in [0.25, 0.3) is 0 Å². The predicted molar refractivity (Wildman–Crippen MR) is 61.5 cm³/mol. The predicted octanol–water partition coefficient (Wildman–Crippen LogP) is 2.81. The van der Waals surface area contributed by atoms with Crippen LogP contribution in [0.3, 0.4) is 0 Å². The van der Waals surface area contributed by atoms with Gasteiger partial charge >= 0.3 is 0 Å². The number of rotatable bonds is 3. The Labute approximate surface area is 102 Å². The van der Waals surface area contributed by atoms with Crippen molar-refractivity contribution in [3.8, 4) is 0 Å². The molecular formula is C13H11F3N2. The van der Waals surface area contributed by atoms with Crippen molar-refractivity contribution < 1.29 is 13.2 Å². The minimum Gasteiger partial charge on any atom is -0.308 e. The molecule has 0 amide bonds. The quantitative estimate of drug-likeness (QED) is 0.908. The van der Waals surface area contributed by atoms with Crippen molar-refractivity contribution in [2.45, 2.75) is 6.04 Å². The molecule has 1 atom stereocenters. The van der Waals surface area contributed by atoms with E-state index in [0.29, 0.717) is 5.69 Å². The van der Waals surface area contributed by atoms with E-state index in [2.05, 4.69) is 10.3 Å². The summed E-state index contributed by atoms with van der Waals surface area (Å²) in [5.41, 5.74) is 0.556. The van der Waals surface area contributed by atoms with Crippen molar-refractivity contribution in [3.63, 3.8) is 0 Å². The molecule has 5 heteroatoms. The van der Waals surface area contributed by atoms with Crippen molar-refractivity contribution in [2.24, 2.45) is 0 Å². The molecule has 94 valence electrons. The average molecular weight is 252 g/mol. The van der Waals surface area contributed by atoms with E-state index >= 15 is 0 Å². The molecule has 0 saturated carbocycles. The standard InChI is InChI=1S/C13H11F3N2/c1-17-13(12-5-3-9(15)7-18-12)10-6-8(14)2-4-11(10)16/h2-7,13,17H,1H3. The minimum atomic E-state index is -0.624. The number of halogens is 3. The van der Waals surface area contributed by atoms with Crippen LogP contribution >= 0.6 is 0 Å². The summed E-state index contributed by atoms with van der Waals surface area (Å²) >= 11 is 0. The molecule has 1 heterocycles. The summed E-state index contributed by atoms with van der Waals surface area (Å²) in [6.07, 6.45) is 1.04. The Hall–Kier alpha value is -1.88. The van der Waals surface area contributed by atoms with E-state index in [9.17, 15) is 13.2 Å². The smallest absolute Gasteiger partial charge is 0.141 e. The van der Waals surface area contributed by atoms with Gasteiger partial charge in [-0.15, -0.1) is 0 Å². The highest BCUT2D eigenvalue weighted by atomic mass is 19.1. The van der Waals surface area contributed by atoms with Gasteiger partial charge in [0.1, 0.15) is 17.5 Å². The van der Waals surface area contributed by atoms with Crippen LogP contribution in [0.15, 0.2) is 36.5 Å². The Kier molecular flexibility index (Phi) is 3.62. The van der Waals surface area contributed by atoms with Crippen LogP contribution in [0.4, 0.5) is 13.2 Å². The topological polar surface area (TPSA) is 24.9 Å². The first-order valence-corrected chi connectivity index (χ1v) is 5.35. The van der Waals surface area contributed by atoms with E-state index in [0.717, 1.165) is 24.4 Å². The summed E-state index contributed by atoms with van der Waals surface area (Å²) in [5.74, 6) is -1.55. The summed E-state index contributed by atoms with van der Waals surface area (Å²) in [5, 5.41) is 2.83. The zero-order chi connectivity index (χ0) is 13.1. The molecule has 2 nitrogen and oxygen atoms in total. The van der Waals surface area contributed by atoms with Gasteiger partial charge in [-0.1, -0.05) is 0 Å². The number of pyridine rings is 1. The van der Waals surface area contributed by atoms with Crippen molar-refractivity contribution in [3.05, 3.63) is 65.2 Å². The van der Waals surface area contributed by atoms with Crippen molar-refractivity contribution in [1.82, 2.24) is 10.3 Å². The van der Waals surface area contributed by atoms with Crippen LogP contribution in [-0.4, -0.2) is 12.0 Å². The Morgan fingerprint density at radius 2 is 1.78 bits per heavy atom. The summed E-state index contributed by atoms with van der Waals surface area (Å²) in [6.45, 7) is 0. The number of nitrogens with zero attached hydrogens (tertiary/aromatic N) is 1. The fourth-order valence-electron chi connectivity index (χ4n) is 1.76. The van der Waals surface area contributed by atoms with Gasteiger partial charge in [-0.2, -0.15) is 0 Å². The highest BCUT2D eigenvalue weighted by Gasteiger charge is 2.18. The Balaban J connectivity index is 2.44. The first kappa shape index (κ1) is 12.6. The van der Waals surface area contributed by atoms with E-state index in [-0.39, 0.29) is 5.56 Å². The summed E-state index contributed by atoms with van der Waals surface area (Å²) < 4.78 is 39.6. The summed E-state index contributed by atoms with van der Waals surface area (Å²) in [4.78, 5) is 3.87. The molecule has 0 aliphatic carbocycles. The van der Waals surface area contributed by atoms with Crippen LogP contribution in [0.2, 0.25) is 0 Å². The van der Waals surface area contributed by atoms with Crippen LogP contribution in [0.5, 0.6) is 0 Å². The molecule has 0 saturated heterocycles. The molecule has 1 aromatic heterocycles. The maximum atomic E-state index is 13.7. The third kappa shape index (κ3) is 2.51. The number of aromatic nitrogens is 1. The van der Waals surface area contributed by atoms with E-state index in [4.69, 9.17) is 0 Å². The average Bonchev–Trinajstić information content (AvgIpc) is 2.37. The largest absolute Gasteiger partial charge is 0.308 e. The van der Waals surface area contributed by atoms with Crippen LogP contribution in [0.25, 0.3) is 0 Å². The fraction of sp³-hybridized carbons (Fsp3) is 0.154. The van der Waals surface area contributed by atoms with Crippen LogP contribution in [-0.2, 0) is 0 Å². The maximum absolute atomic E-state index is 13.7. The third-order valence-corrected chi connectivity index (χ3v) is 2.60. The summed E-state index contributed by atoms with van der Waals surface area (Å²) in [7, 11) is 1.60. The van der Waals surface area contributed by atoms with Crippen molar-refractivity contribution in [1.29, 1.82) is 0 Å². The van der Waals surface area contributed by atoms with E-state index in [1.807, 2.05) is 0 Å². The molecule has 1 aromatic carbocycles. The van der Waals surface area contributed by atoms with Gasteiger partial charge in [-0.3, -0.25) is 4.98 Å². The SMILES string of the molecule is CNC(c1ccc(F)cn1)c1cc(F)ccc1F. The normalized spacial score (nSPS) is 12.4. The molecule has 0 spiro atoms. The highest BCUT2D eigenvalue weighted by Crippen LogP contribution is 2.23. The van der Waals surface area contributed by atoms with E-state index < -0.39 is 23.5 Å². The highest BCUT2D eigenvalue weighted by molar-refractivity contribution is 5.29. The molecule has 1 N–H and O–H groups in total. The Bertz CT molecular complexity index is 540. The molecule has 0 aliphatic heterocycles. The third-order valence-electron chi connectivity index (χ3n) is 2.60. The second-order valence-electron chi connectivity index (χ2n) is 3.79. The van der Waals surface area contributed by atoms with Gasteiger partial charge in [0.05, 0.1) is 17.9 Å². The number of nitrogens with one attached hydrogen (secondary N) is 1. The second-order valence-corrected chi connectivity index (χ2v) is 3.79. The van der Waals surface area contributed by atoms with E-state index in [1.165, 1.54) is 12.1 Å². The second kappa shape index (κ2) is 5.18. The van der Waals surface area contributed by atoms with Crippen LogP contribution in [0, 0.1) is 17.5 Å². The monoisotopic (exact) mass is 252 g/mol. The lowest BCUT2D eigenvalue weighted by molar-refractivity contribution is 0.551. The van der Waals surface area contributed by atoms with Gasteiger partial charge in [-0.25, -0.2) is 13.2 Å². The molecule has 0 aliphatic rings. The van der Waals surface area contributed by atoms with Crippen LogP contribution in [0.1, 0.15) is 17.3 Å². The molecule has 2 rings (SSSR count). The lowest BCUT2D eigenvalue weighted by Crippen LogP contribution is -2.20. The first-order valence-electron chi connectivity index (χ1n) is 5.35. The lowest BCUT2D eigenvalue weighted by atomic mass is 10.0. The zero-order valence-corrected chi connectivity index (χ0v) is 9.62. The maximum Gasteiger partial charge on any atom is 0.141 e.